The second-order valence-electron chi connectivity index (χ2n) is 7.82. The van der Waals surface area contributed by atoms with Crippen molar-refractivity contribution in [2.24, 2.45) is 5.73 Å². The van der Waals surface area contributed by atoms with Crippen LogP contribution in [0.2, 0.25) is 0 Å². The Bertz CT molecular complexity index is 1100. The standard InChI is InChI=1S/C27H29F3N2O3/c1-3-34-23-15-14-22(18-24(23)35-4-2)32(26(33)25(31)20-8-6-5-7-9-20)17-16-19-10-12-21(13-11-19)27(28,29)30/h5-15,18,25H,3-4,16-17,31H2,1-2H3/t25-/m0/s1. The second kappa shape index (κ2) is 11.8. The number of ether oxygens (including phenoxy) is 2. The van der Waals surface area contributed by atoms with Crippen molar-refractivity contribution in [3.8, 4) is 11.5 Å². The predicted octanol–water partition coefficient (Wildman–Crippen LogP) is 5.78. The van der Waals surface area contributed by atoms with E-state index in [-0.39, 0.29) is 12.5 Å². The summed E-state index contributed by atoms with van der Waals surface area (Å²) in [6.45, 7) is 4.79. The van der Waals surface area contributed by atoms with E-state index in [4.69, 9.17) is 15.2 Å². The summed E-state index contributed by atoms with van der Waals surface area (Å²) in [5.41, 5.74) is 7.48. The van der Waals surface area contributed by atoms with E-state index in [0.717, 1.165) is 12.1 Å². The summed E-state index contributed by atoms with van der Waals surface area (Å²) in [6, 6.07) is 18.2. The number of carbonyl (C=O) groups is 1. The summed E-state index contributed by atoms with van der Waals surface area (Å²) in [7, 11) is 0. The van der Waals surface area contributed by atoms with Gasteiger partial charge >= 0.3 is 6.18 Å². The monoisotopic (exact) mass is 486 g/mol. The molecule has 3 aromatic carbocycles. The highest BCUT2D eigenvalue weighted by Crippen LogP contribution is 2.33. The third kappa shape index (κ3) is 6.76. The van der Waals surface area contributed by atoms with Gasteiger partial charge in [-0.05, 0) is 55.7 Å². The molecule has 1 amide bonds. The number of nitrogens with zero attached hydrogens (tertiary/aromatic N) is 1. The van der Waals surface area contributed by atoms with E-state index in [1.165, 1.54) is 17.0 Å². The molecule has 0 spiro atoms. The van der Waals surface area contributed by atoms with Gasteiger partial charge < -0.3 is 20.1 Å². The van der Waals surface area contributed by atoms with Gasteiger partial charge in [0.05, 0.1) is 18.8 Å². The van der Waals surface area contributed by atoms with Gasteiger partial charge in [-0.3, -0.25) is 4.79 Å². The molecule has 0 radical (unpaired) electrons. The Balaban J connectivity index is 1.91. The first-order valence-corrected chi connectivity index (χ1v) is 11.4. The quantitative estimate of drug-likeness (QED) is 0.395. The fourth-order valence-electron chi connectivity index (χ4n) is 3.65. The summed E-state index contributed by atoms with van der Waals surface area (Å²) in [4.78, 5) is 15.0. The molecule has 1 atom stereocenters. The second-order valence-corrected chi connectivity index (χ2v) is 7.82. The van der Waals surface area contributed by atoms with Crippen molar-refractivity contribution >= 4 is 11.6 Å². The number of alkyl halides is 3. The average Bonchev–Trinajstić information content (AvgIpc) is 2.85. The van der Waals surface area contributed by atoms with Crippen LogP contribution < -0.4 is 20.1 Å². The van der Waals surface area contributed by atoms with Crippen LogP contribution in [-0.4, -0.2) is 25.7 Å². The number of nitrogens with two attached hydrogens (primary N) is 1. The molecule has 3 rings (SSSR count). The van der Waals surface area contributed by atoms with Crippen LogP contribution in [0.3, 0.4) is 0 Å². The summed E-state index contributed by atoms with van der Waals surface area (Å²) in [5, 5.41) is 0. The Kier molecular flexibility index (Phi) is 8.76. The highest BCUT2D eigenvalue weighted by Gasteiger charge is 2.30. The molecule has 0 aliphatic rings. The van der Waals surface area contributed by atoms with Crippen LogP contribution in [0.5, 0.6) is 11.5 Å². The minimum Gasteiger partial charge on any atom is -0.490 e. The van der Waals surface area contributed by atoms with Crippen molar-refractivity contribution in [1.29, 1.82) is 0 Å². The van der Waals surface area contributed by atoms with E-state index in [0.29, 0.717) is 47.9 Å². The maximum absolute atomic E-state index is 13.5. The van der Waals surface area contributed by atoms with Gasteiger partial charge in [0.2, 0.25) is 5.91 Å². The van der Waals surface area contributed by atoms with Gasteiger partial charge in [0.25, 0.3) is 0 Å². The first-order chi connectivity index (χ1) is 16.7. The molecule has 3 aromatic rings. The molecule has 0 heterocycles. The molecule has 186 valence electrons. The average molecular weight is 487 g/mol. The van der Waals surface area contributed by atoms with E-state index in [2.05, 4.69) is 0 Å². The number of hydrogen-bond acceptors (Lipinski definition) is 4. The maximum Gasteiger partial charge on any atom is 0.416 e. The molecule has 0 unspecified atom stereocenters. The normalized spacial score (nSPS) is 12.2. The first kappa shape index (κ1) is 26.1. The number of rotatable bonds is 10. The lowest BCUT2D eigenvalue weighted by molar-refractivity contribution is -0.137. The lowest BCUT2D eigenvalue weighted by Gasteiger charge is -2.27. The summed E-state index contributed by atoms with van der Waals surface area (Å²) in [6.07, 6.45) is -4.07. The molecule has 0 aliphatic carbocycles. The van der Waals surface area contributed by atoms with Crippen molar-refractivity contribution in [2.45, 2.75) is 32.5 Å². The third-order valence-electron chi connectivity index (χ3n) is 5.43. The fraction of sp³-hybridized carbons (Fsp3) is 0.296. The van der Waals surface area contributed by atoms with E-state index in [1.54, 1.807) is 42.5 Å². The molecule has 0 aromatic heterocycles. The van der Waals surface area contributed by atoms with Crippen molar-refractivity contribution in [3.05, 3.63) is 89.5 Å². The molecule has 5 nitrogen and oxygen atoms in total. The summed E-state index contributed by atoms with van der Waals surface area (Å²) < 4.78 is 50.1. The lowest BCUT2D eigenvalue weighted by atomic mass is 10.0. The Hall–Kier alpha value is -3.52. The van der Waals surface area contributed by atoms with E-state index < -0.39 is 17.8 Å². The molecule has 0 bridgehead atoms. The van der Waals surface area contributed by atoms with Gasteiger partial charge in [-0.15, -0.1) is 0 Å². The first-order valence-electron chi connectivity index (χ1n) is 11.4. The number of halogens is 3. The van der Waals surface area contributed by atoms with Crippen molar-refractivity contribution in [1.82, 2.24) is 0 Å². The molecule has 0 aliphatic heterocycles. The van der Waals surface area contributed by atoms with Crippen molar-refractivity contribution in [3.63, 3.8) is 0 Å². The number of anilines is 1. The molecular weight excluding hydrogens is 457 g/mol. The SMILES string of the molecule is CCOc1ccc(N(CCc2ccc(C(F)(F)F)cc2)C(=O)[C@@H](N)c2ccccc2)cc1OCC. The zero-order valence-corrected chi connectivity index (χ0v) is 19.7. The minimum atomic E-state index is -4.40. The largest absolute Gasteiger partial charge is 0.490 e. The van der Waals surface area contributed by atoms with Crippen LogP contribution in [0, 0.1) is 0 Å². The smallest absolute Gasteiger partial charge is 0.416 e. The highest BCUT2D eigenvalue weighted by molar-refractivity contribution is 5.98. The predicted molar refractivity (Wildman–Crippen MR) is 130 cm³/mol. The minimum absolute atomic E-state index is 0.213. The number of hydrogen-bond donors (Lipinski definition) is 1. The van der Waals surface area contributed by atoms with Crippen LogP contribution >= 0.6 is 0 Å². The molecule has 2 N–H and O–H groups in total. The summed E-state index contributed by atoms with van der Waals surface area (Å²) in [5.74, 6) is 0.711. The van der Waals surface area contributed by atoms with Gasteiger partial charge in [-0.2, -0.15) is 13.2 Å². The zero-order chi connectivity index (χ0) is 25.4. The van der Waals surface area contributed by atoms with Gasteiger partial charge in [-0.25, -0.2) is 0 Å². The van der Waals surface area contributed by atoms with E-state index in [1.807, 2.05) is 19.9 Å². The highest BCUT2D eigenvalue weighted by atomic mass is 19.4. The Morgan fingerprint density at radius 3 is 2.14 bits per heavy atom. The number of amides is 1. The van der Waals surface area contributed by atoms with Gasteiger partial charge in [0, 0.05) is 18.3 Å². The lowest BCUT2D eigenvalue weighted by Crippen LogP contribution is -2.40. The maximum atomic E-state index is 13.5. The molecule has 0 saturated carbocycles. The van der Waals surface area contributed by atoms with Gasteiger partial charge in [0.1, 0.15) is 6.04 Å². The molecule has 0 saturated heterocycles. The molecule has 8 heteroatoms. The van der Waals surface area contributed by atoms with Crippen LogP contribution in [0.4, 0.5) is 18.9 Å². The Morgan fingerprint density at radius 1 is 0.914 bits per heavy atom. The zero-order valence-electron chi connectivity index (χ0n) is 19.7. The molecule has 35 heavy (non-hydrogen) atoms. The third-order valence-corrected chi connectivity index (χ3v) is 5.43. The van der Waals surface area contributed by atoms with Crippen LogP contribution in [0.25, 0.3) is 0 Å². The van der Waals surface area contributed by atoms with Gasteiger partial charge in [-0.1, -0.05) is 42.5 Å². The van der Waals surface area contributed by atoms with Crippen LogP contribution in [0.15, 0.2) is 72.8 Å². The summed E-state index contributed by atoms with van der Waals surface area (Å²) >= 11 is 0. The number of benzene rings is 3. The number of carbonyl (C=O) groups excluding carboxylic acids is 1. The topological polar surface area (TPSA) is 64.8 Å². The van der Waals surface area contributed by atoms with Crippen LogP contribution in [-0.2, 0) is 17.4 Å². The molecular formula is C27H29F3N2O3. The van der Waals surface area contributed by atoms with Gasteiger partial charge in [0.15, 0.2) is 11.5 Å². The Labute approximate surface area is 203 Å². The van der Waals surface area contributed by atoms with Crippen molar-refractivity contribution < 1.29 is 27.4 Å². The van der Waals surface area contributed by atoms with E-state index in [9.17, 15) is 18.0 Å². The Morgan fingerprint density at radius 2 is 1.54 bits per heavy atom. The van der Waals surface area contributed by atoms with E-state index >= 15 is 0 Å². The van der Waals surface area contributed by atoms with Crippen LogP contribution in [0.1, 0.15) is 36.6 Å². The fourth-order valence-corrected chi connectivity index (χ4v) is 3.65. The molecule has 0 fully saturated rings. The van der Waals surface area contributed by atoms with Crippen molar-refractivity contribution in [2.75, 3.05) is 24.7 Å².